The second-order valence-electron chi connectivity index (χ2n) is 7.59. The number of rotatable bonds is 7. The Hall–Kier alpha value is -4.23. The van der Waals surface area contributed by atoms with Crippen molar-refractivity contribution in [2.75, 3.05) is 18.6 Å². The highest BCUT2D eigenvalue weighted by molar-refractivity contribution is 7.92. The minimum absolute atomic E-state index is 0.0505. The molecule has 0 bridgehead atoms. The van der Waals surface area contributed by atoms with Crippen LogP contribution in [0.15, 0.2) is 65.1 Å². The highest BCUT2D eigenvalue weighted by Crippen LogP contribution is 2.34. The van der Waals surface area contributed by atoms with Crippen LogP contribution in [-0.4, -0.2) is 43.5 Å². The van der Waals surface area contributed by atoms with Crippen LogP contribution in [0.25, 0.3) is 10.4 Å². The van der Waals surface area contributed by atoms with Crippen LogP contribution in [0.4, 0.5) is 14.5 Å². The largest absolute Gasteiger partial charge is 0.454 e. The highest BCUT2D eigenvalue weighted by atomic mass is 32.2. The molecule has 0 fully saturated rings. The quantitative estimate of drug-likeness (QED) is 0.355. The molecule has 13 heteroatoms. The number of nitrogens with one attached hydrogen (secondary N) is 2. The van der Waals surface area contributed by atoms with Crippen LogP contribution in [0.3, 0.4) is 0 Å². The van der Waals surface area contributed by atoms with E-state index in [9.17, 15) is 26.8 Å². The molecule has 9 nitrogen and oxygen atoms in total. The lowest BCUT2D eigenvalue weighted by Gasteiger charge is -2.10. The summed E-state index contributed by atoms with van der Waals surface area (Å²) in [5.74, 6) is -2.55. The summed E-state index contributed by atoms with van der Waals surface area (Å²) in [7, 11) is -2.29. The van der Waals surface area contributed by atoms with Gasteiger partial charge in [-0.25, -0.2) is 22.2 Å². The van der Waals surface area contributed by atoms with Crippen molar-refractivity contribution < 1.29 is 31.5 Å². The number of aromatic nitrogens is 2. The van der Waals surface area contributed by atoms with Gasteiger partial charge >= 0.3 is 0 Å². The lowest BCUT2D eigenvalue weighted by molar-refractivity contribution is 0.0957. The molecule has 0 saturated heterocycles. The number of carbonyl (C=O) groups excluding carboxylic acids is 2. The van der Waals surface area contributed by atoms with Gasteiger partial charge in [0.15, 0.2) is 11.6 Å². The molecule has 2 aromatic heterocycles. The number of ether oxygens (including phenoxy) is 1. The lowest BCUT2D eigenvalue weighted by atomic mass is 10.1. The molecule has 0 saturated carbocycles. The second kappa shape index (κ2) is 10.4. The van der Waals surface area contributed by atoms with E-state index >= 15 is 0 Å². The maximum absolute atomic E-state index is 14.8. The minimum Gasteiger partial charge on any atom is -0.454 e. The Kier molecular flexibility index (Phi) is 7.27. The highest BCUT2D eigenvalue weighted by Gasteiger charge is 2.24. The van der Waals surface area contributed by atoms with Crippen LogP contribution in [0.1, 0.15) is 21.0 Å². The first-order chi connectivity index (χ1) is 17.5. The maximum atomic E-state index is 14.8. The third-order valence-corrected chi connectivity index (χ3v) is 7.64. The number of carbonyl (C=O) groups is 2. The van der Waals surface area contributed by atoms with Crippen molar-refractivity contribution in [3.8, 4) is 21.9 Å². The molecule has 0 unspecified atom stereocenters. The summed E-state index contributed by atoms with van der Waals surface area (Å²) in [6, 6.07) is 11.6. The van der Waals surface area contributed by atoms with Crippen molar-refractivity contribution in [1.29, 1.82) is 0 Å². The zero-order valence-corrected chi connectivity index (χ0v) is 20.9. The Morgan fingerprint density at radius 1 is 1.00 bits per heavy atom. The van der Waals surface area contributed by atoms with Crippen molar-refractivity contribution in [1.82, 2.24) is 15.3 Å². The normalized spacial score (nSPS) is 11.1. The summed E-state index contributed by atoms with van der Waals surface area (Å²) in [5.41, 5.74) is 0.311. The van der Waals surface area contributed by atoms with Gasteiger partial charge in [0.1, 0.15) is 23.0 Å². The third-order valence-electron chi connectivity index (χ3n) is 4.85. The predicted molar refractivity (Wildman–Crippen MR) is 133 cm³/mol. The van der Waals surface area contributed by atoms with Gasteiger partial charge < -0.3 is 15.4 Å². The average Bonchev–Trinajstić information content (AvgIpc) is 3.32. The number of thiazole rings is 1. The van der Waals surface area contributed by atoms with E-state index < -0.39 is 33.3 Å². The maximum Gasteiger partial charge on any atom is 0.275 e. The molecule has 2 N–H and O–H groups in total. The number of sulfone groups is 1. The fourth-order valence-corrected chi connectivity index (χ4v) is 5.03. The molecule has 0 aliphatic rings. The van der Waals surface area contributed by atoms with E-state index in [1.54, 1.807) is 0 Å². The molecule has 4 rings (SSSR count). The van der Waals surface area contributed by atoms with E-state index in [1.165, 1.54) is 61.8 Å². The minimum atomic E-state index is -3.73. The first kappa shape index (κ1) is 25.9. The Morgan fingerprint density at radius 3 is 2.38 bits per heavy atom. The van der Waals surface area contributed by atoms with Crippen molar-refractivity contribution in [3.05, 3.63) is 83.8 Å². The summed E-state index contributed by atoms with van der Waals surface area (Å²) >= 11 is 0.766. The van der Waals surface area contributed by atoms with Gasteiger partial charge in [0.25, 0.3) is 11.8 Å². The average molecular weight is 545 g/mol. The standard InChI is InChI=1S/C24H18F2N4O5S2/c1-27-22(31)18-12-16(9-10-28-18)35-19-8-7-15(11-17(19)26)29-23(32)20-21(13-3-5-14(25)6-4-13)36-24(30-20)37(2,33)34/h3-12H,1-2H3,(H,27,31)(H,29,32). The van der Waals surface area contributed by atoms with Crippen molar-refractivity contribution in [2.24, 2.45) is 0 Å². The molecule has 2 aromatic carbocycles. The molecule has 2 heterocycles. The molecule has 0 aliphatic heterocycles. The molecule has 4 aromatic rings. The predicted octanol–water partition coefficient (Wildman–Crippen LogP) is 4.29. The molecule has 2 amide bonds. The fraction of sp³-hybridized carbons (Fsp3) is 0.0833. The Labute approximate surface area is 214 Å². The first-order valence-corrected chi connectivity index (χ1v) is 13.2. The Morgan fingerprint density at radius 2 is 1.73 bits per heavy atom. The van der Waals surface area contributed by atoms with Crippen LogP contribution in [-0.2, 0) is 9.84 Å². The summed E-state index contributed by atoms with van der Waals surface area (Å²) in [4.78, 5) is 32.8. The third kappa shape index (κ3) is 5.95. The van der Waals surface area contributed by atoms with Crippen LogP contribution in [0.2, 0.25) is 0 Å². The molecule has 0 aliphatic carbocycles. The molecule has 37 heavy (non-hydrogen) atoms. The number of nitrogens with zero attached hydrogens (tertiary/aromatic N) is 2. The molecule has 0 spiro atoms. The second-order valence-corrected chi connectivity index (χ2v) is 10.8. The Balaban J connectivity index is 1.58. The fourth-order valence-electron chi connectivity index (χ4n) is 3.12. The summed E-state index contributed by atoms with van der Waals surface area (Å²) < 4.78 is 57.4. The number of pyridine rings is 1. The van der Waals surface area contributed by atoms with Crippen molar-refractivity contribution >= 4 is 38.7 Å². The van der Waals surface area contributed by atoms with Crippen LogP contribution in [0.5, 0.6) is 11.5 Å². The van der Waals surface area contributed by atoms with E-state index in [0.717, 1.165) is 23.7 Å². The van der Waals surface area contributed by atoms with Gasteiger partial charge in [0, 0.05) is 37.3 Å². The number of amides is 2. The number of anilines is 1. The van der Waals surface area contributed by atoms with Gasteiger partial charge in [-0.05, 0) is 35.9 Å². The molecular formula is C24H18F2N4O5S2. The van der Waals surface area contributed by atoms with E-state index in [1.807, 2.05) is 0 Å². The SMILES string of the molecule is CNC(=O)c1cc(Oc2ccc(NC(=O)c3nc(S(C)(=O)=O)sc3-c3ccc(F)cc3)cc2F)ccn1. The van der Waals surface area contributed by atoms with E-state index in [-0.39, 0.29) is 37.8 Å². The smallest absolute Gasteiger partial charge is 0.275 e. The summed E-state index contributed by atoms with van der Waals surface area (Å²) in [5, 5.41) is 4.91. The molecule has 0 atom stereocenters. The van der Waals surface area contributed by atoms with Crippen LogP contribution in [0, 0.1) is 11.6 Å². The van der Waals surface area contributed by atoms with E-state index in [0.29, 0.717) is 5.56 Å². The Bertz CT molecular complexity index is 1610. The van der Waals surface area contributed by atoms with Crippen molar-refractivity contribution in [2.45, 2.75) is 4.34 Å². The molecule has 0 radical (unpaired) electrons. The van der Waals surface area contributed by atoms with Gasteiger partial charge in [0.05, 0.1) is 4.88 Å². The van der Waals surface area contributed by atoms with Gasteiger partial charge in [0.2, 0.25) is 14.2 Å². The van der Waals surface area contributed by atoms with Gasteiger partial charge in [-0.3, -0.25) is 14.6 Å². The lowest BCUT2D eigenvalue weighted by Crippen LogP contribution is -2.18. The van der Waals surface area contributed by atoms with Gasteiger partial charge in [-0.2, -0.15) is 0 Å². The van der Waals surface area contributed by atoms with Crippen LogP contribution >= 0.6 is 11.3 Å². The monoisotopic (exact) mass is 544 g/mol. The molecule has 190 valence electrons. The number of hydrogen-bond acceptors (Lipinski definition) is 8. The zero-order chi connectivity index (χ0) is 26.7. The molecular weight excluding hydrogens is 526 g/mol. The van der Waals surface area contributed by atoms with Gasteiger partial charge in [-0.1, -0.05) is 12.1 Å². The number of halogens is 2. The zero-order valence-electron chi connectivity index (χ0n) is 19.3. The first-order valence-electron chi connectivity index (χ1n) is 10.5. The van der Waals surface area contributed by atoms with E-state index in [4.69, 9.17) is 4.74 Å². The summed E-state index contributed by atoms with van der Waals surface area (Å²) in [6.45, 7) is 0. The van der Waals surface area contributed by atoms with Gasteiger partial charge in [-0.15, -0.1) is 11.3 Å². The topological polar surface area (TPSA) is 127 Å². The number of hydrogen-bond donors (Lipinski definition) is 2. The van der Waals surface area contributed by atoms with Crippen molar-refractivity contribution in [3.63, 3.8) is 0 Å². The van der Waals surface area contributed by atoms with E-state index in [2.05, 4.69) is 20.6 Å². The summed E-state index contributed by atoms with van der Waals surface area (Å²) in [6.07, 6.45) is 2.29. The van der Waals surface area contributed by atoms with Crippen LogP contribution < -0.4 is 15.4 Å². The number of benzene rings is 2.